The lowest BCUT2D eigenvalue weighted by Gasteiger charge is -2.38. The average Bonchev–Trinajstić information content (AvgIpc) is 3.41. The number of hydrogen-bond donors (Lipinski definition) is 0. The van der Waals surface area contributed by atoms with Crippen LogP contribution in [0.4, 0.5) is 0 Å². The number of hydrogen-bond acceptors (Lipinski definition) is 5. The van der Waals surface area contributed by atoms with Crippen molar-refractivity contribution in [3.8, 4) is 11.7 Å². The summed E-state index contributed by atoms with van der Waals surface area (Å²) >= 11 is 0. The molecule has 1 aromatic carbocycles. The van der Waals surface area contributed by atoms with Crippen LogP contribution in [0.2, 0.25) is 18.1 Å². The third-order valence-electron chi connectivity index (χ3n) is 6.23. The summed E-state index contributed by atoms with van der Waals surface area (Å²) in [6.07, 6.45) is 8.18. The largest absolute Gasteiger partial charge is 0.459 e. The molecule has 168 valence electrons. The second kappa shape index (κ2) is 10.4. The standard InChI is InChI=1S/C25H36N2O3Si/c1-25(2,3)31(4,5)30-21(23-26-24(29-27-23)22-18-13-19-28-22)17-12-7-6-9-14-20-15-10-8-11-16-20/h8,10-11,13,15-16,18-19,21H,6-7,9,12,14,17H2,1-5H3. The van der Waals surface area contributed by atoms with E-state index in [0.717, 1.165) is 19.3 Å². The summed E-state index contributed by atoms with van der Waals surface area (Å²) in [7, 11) is -1.97. The van der Waals surface area contributed by atoms with Crippen molar-refractivity contribution in [2.45, 2.75) is 83.5 Å². The molecule has 31 heavy (non-hydrogen) atoms. The highest BCUT2D eigenvalue weighted by atomic mass is 28.4. The van der Waals surface area contributed by atoms with Crippen LogP contribution in [0.15, 0.2) is 57.7 Å². The van der Waals surface area contributed by atoms with E-state index in [1.165, 1.54) is 24.8 Å². The first-order valence-electron chi connectivity index (χ1n) is 11.4. The van der Waals surface area contributed by atoms with Crippen molar-refractivity contribution < 1.29 is 13.4 Å². The quantitative estimate of drug-likeness (QED) is 0.227. The Kier molecular flexibility index (Phi) is 7.89. The maximum Gasteiger partial charge on any atom is 0.293 e. The first-order valence-corrected chi connectivity index (χ1v) is 14.3. The molecule has 0 amide bonds. The SMILES string of the molecule is CC(C)(C)[Si](C)(C)OC(CCCCCCc1ccccc1)c1noc(-c2ccco2)n1. The van der Waals surface area contributed by atoms with Gasteiger partial charge >= 0.3 is 0 Å². The van der Waals surface area contributed by atoms with E-state index in [0.29, 0.717) is 17.5 Å². The van der Waals surface area contributed by atoms with Crippen LogP contribution in [0.1, 0.15) is 70.4 Å². The first-order chi connectivity index (χ1) is 14.8. The smallest absolute Gasteiger partial charge is 0.293 e. The van der Waals surface area contributed by atoms with Crippen LogP contribution in [0.25, 0.3) is 11.7 Å². The van der Waals surface area contributed by atoms with Crippen molar-refractivity contribution in [1.29, 1.82) is 0 Å². The van der Waals surface area contributed by atoms with Crippen molar-refractivity contribution in [3.63, 3.8) is 0 Å². The third-order valence-corrected chi connectivity index (χ3v) is 10.7. The molecule has 0 aliphatic rings. The Labute approximate surface area is 187 Å². The van der Waals surface area contributed by atoms with E-state index in [-0.39, 0.29) is 11.1 Å². The Balaban J connectivity index is 1.58. The minimum Gasteiger partial charge on any atom is -0.459 e. The molecule has 5 nitrogen and oxygen atoms in total. The van der Waals surface area contributed by atoms with Gasteiger partial charge in [0, 0.05) is 0 Å². The summed E-state index contributed by atoms with van der Waals surface area (Å²) in [4.78, 5) is 4.60. The molecule has 0 aliphatic heterocycles. The van der Waals surface area contributed by atoms with Gasteiger partial charge in [0.1, 0.15) is 6.10 Å². The van der Waals surface area contributed by atoms with Gasteiger partial charge in [-0.25, -0.2) is 0 Å². The van der Waals surface area contributed by atoms with E-state index in [1.807, 2.05) is 12.1 Å². The number of nitrogens with zero attached hydrogens (tertiary/aromatic N) is 2. The van der Waals surface area contributed by atoms with Gasteiger partial charge in [0.05, 0.1) is 6.26 Å². The predicted octanol–water partition coefficient (Wildman–Crippen LogP) is 7.59. The third kappa shape index (κ3) is 6.65. The molecular weight excluding hydrogens is 404 g/mol. The summed E-state index contributed by atoms with van der Waals surface area (Å²) < 4.78 is 17.6. The monoisotopic (exact) mass is 440 g/mol. The van der Waals surface area contributed by atoms with Crippen LogP contribution >= 0.6 is 0 Å². The molecule has 0 radical (unpaired) electrons. The Morgan fingerprint density at radius 2 is 1.71 bits per heavy atom. The Hall–Kier alpha value is -2.18. The highest BCUT2D eigenvalue weighted by Crippen LogP contribution is 2.40. The fraction of sp³-hybridized carbons (Fsp3) is 0.520. The molecule has 2 aromatic heterocycles. The van der Waals surface area contributed by atoms with Gasteiger partial charge in [-0.3, -0.25) is 0 Å². The normalized spacial score (nSPS) is 13.5. The zero-order chi connectivity index (χ0) is 22.3. The summed E-state index contributed by atoms with van der Waals surface area (Å²) in [5, 5.41) is 4.36. The number of unbranched alkanes of at least 4 members (excludes halogenated alkanes) is 3. The van der Waals surface area contributed by atoms with Gasteiger partial charge in [-0.15, -0.1) is 0 Å². The molecule has 1 atom stereocenters. The van der Waals surface area contributed by atoms with Crippen molar-refractivity contribution >= 4 is 8.32 Å². The molecule has 3 rings (SSSR count). The van der Waals surface area contributed by atoms with Gasteiger partial charge in [0.2, 0.25) is 0 Å². The highest BCUT2D eigenvalue weighted by molar-refractivity contribution is 6.74. The lowest BCUT2D eigenvalue weighted by Crippen LogP contribution is -2.42. The van der Waals surface area contributed by atoms with E-state index in [4.69, 9.17) is 13.4 Å². The lowest BCUT2D eigenvalue weighted by atomic mass is 10.0. The number of benzene rings is 1. The van der Waals surface area contributed by atoms with Crippen LogP contribution in [-0.4, -0.2) is 18.5 Å². The molecule has 0 saturated heterocycles. The average molecular weight is 441 g/mol. The van der Waals surface area contributed by atoms with E-state index >= 15 is 0 Å². The zero-order valence-corrected chi connectivity index (χ0v) is 20.6. The van der Waals surface area contributed by atoms with Crippen molar-refractivity contribution in [2.75, 3.05) is 0 Å². The lowest BCUT2D eigenvalue weighted by molar-refractivity contribution is 0.157. The van der Waals surface area contributed by atoms with Crippen molar-refractivity contribution in [1.82, 2.24) is 10.1 Å². The minimum absolute atomic E-state index is 0.120. The van der Waals surface area contributed by atoms with Crippen LogP contribution < -0.4 is 0 Å². The van der Waals surface area contributed by atoms with Crippen LogP contribution in [0, 0.1) is 0 Å². The predicted molar refractivity (Wildman–Crippen MR) is 126 cm³/mol. The van der Waals surface area contributed by atoms with Crippen molar-refractivity contribution in [2.24, 2.45) is 0 Å². The number of aromatic nitrogens is 2. The Bertz CT molecular complexity index is 899. The molecule has 0 bridgehead atoms. The van der Waals surface area contributed by atoms with Gasteiger partial charge in [0.15, 0.2) is 19.9 Å². The Morgan fingerprint density at radius 3 is 2.39 bits per heavy atom. The summed E-state index contributed by atoms with van der Waals surface area (Å²) in [6, 6.07) is 14.3. The summed E-state index contributed by atoms with van der Waals surface area (Å²) in [5.41, 5.74) is 1.42. The first kappa shape index (κ1) is 23.5. The summed E-state index contributed by atoms with van der Waals surface area (Å²) in [6.45, 7) is 11.3. The van der Waals surface area contributed by atoms with E-state index < -0.39 is 8.32 Å². The van der Waals surface area contributed by atoms with E-state index in [2.05, 4.69) is 74.3 Å². The minimum atomic E-state index is -1.97. The van der Waals surface area contributed by atoms with E-state index in [1.54, 1.807) is 6.26 Å². The molecule has 1 unspecified atom stereocenters. The van der Waals surface area contributed by atoms with Crippen LogP contribution in [0.5, 0.6) is 0 Å². The molecule has 6 heteroatoms. The number of rotatable bonds is 11. The molecule has 0 aliphatic carbocycles. The number of furan rings is 1. The maximum atomic E-state index is 6.72. The fourth-order valence-corrected chi connectivity index (χ4v) is 4.58. The topological polar surface area (TPSA) is 61.3 Å². The highest BCUT2D eigenvalue weighted by Gasteiger charge is 2.40. The molecular formula is C25H36N2O3Si. The Morgan fingerprint density at radius 1 is 0.968 bits per heavy atom. The molecule has 0 N–H and O–H groups in total. The second-order valence-corrected chi connectivity index (χ2v) is 14.5. The molecule has 0 spiro atoms. The molecule has 3 aromatic rings. The van der Waals surface area contributed by atoms with Crippen LogP contribution in [-0.2, 0) is 10.8 Å². The second-order valence-electron chi connectivity index (χ2n) is 9.74. The fourth-order valence-electron chi connectivity index (χ4n) is 3.30. The molecule has 0 saturated carbocycles. The van der Waals surface area contributed by atoms with Gasteiger partial charge in [-0.05, 0) is 55.1 Å². The van der Waals surface area contributed by atoms with Gasteiger partial charge < -0.3 is 13.4 Å². The van der Waals surface area contributed by atoms with Gasteiger partial charge in [-0.2, -0.15) is 4.98 Å². The summed E-state index contributed by atoms with van der Waals surface area (Å²) in [5.74, 6) is 1.62. The number of aryl methyl sites for hydroxylation is 1. The van der Waals surface area contributed by atoms with Crippen LogP contribution in [0.3, 0.4) is 0 Å². The molecule has 2 heterocycles. The van der Waals surface area contributed by atoms with Gasteiger partial charge in [-0.1, -0.05) is 75.5 Å². The maximum absolute atomic E-state index is 6.72. The zero-order valence-electron chi connectivity index (χ0n) is 19.6. The van der Waals surface area contributed by atoms with Crippen molar-refractivity contribution in [3.05, 3.63) is 60.1 Å². The van der Waals surface area contributed by atoms with E-state index in [9.17, 15) is 0 Å². The molecule has 0 fully saturated rings. The van der Waals surface area contributed by atoms with Gasteiger partial charge in [0.25, 0.3) is 5.89 Å².